The number of likely N-dealkylation sites (tertiary alicyclic amines) is 1. The van der Waals surface area contributed by atoms with Crippen molar-refractivity contribution in [3.8, 4) is 5.69 Å². The maximum atomic E-state index is 12.8. The van der Waals surface area contributed by atoms with Gasteiger partial charge in [-0.05, 0) is 49.9 Å². The lowest BCUT2D eigenvalue weighted by atomic mass is 9.90. The lowest BCUT2D eigenvalue weighted by molar-refractivity contribution is 0.0770. The lowest BCUT2D eigenvalue weighted by Crippen LogP contribution is -2.35. The van der Waals surface area contributed by atoms with Gasteiger partial charge in [0.2, 0.25) is 0 Å². The lowest BCUT2D eigenvalue weighted by Gasteiger charge is -2.22. The quantitative estimate of drug-likeness (QED) is 0.920. The molecular formula is C17H24ClN5O. The van der Waals surface area contributed by atoms with Crippen LogP contribution >= 0.6 is 12.4 Å². The number of aromatic nitrogens is 3. The van der Waals surface area contributed by atoms with Gasteiger partial charge in [0.25, 0.3) is 5.91 Å². The van der Waals surface area contributed by atoms with E-state index in [-0.39, 0.29) is 23.7 Å². The summed E-state index contributed by atoms with van der Waals surface area (Å²) in [7, 11) is 0. The number of carbonyl (C=O) groups excluding carboxylic acids is 1. The van der Waals surface area contributed by atoms with Gasteiger partial charge in [-0.1, -0.05) is 24.3 Å². The van der Waals surface area contributed by atoms with Gasteiger partial charge in [-0.3, -0.25) is 4.79 Å². The Morgan fingerprint density at radius 3 is 2.75 bits per heavy atom. The number of amides is 1. The number of carbonyl (C=O) groups is 1. The summed E-state index contributed by atoms with van der Waals surface area (Å²) < 4.78 is 1.72. The average molecular weight is 350 g/mol. The van der Waals surface area contributed by atoms with Crippen molar-refractivity contribution in [2.24, 2.45) is 11.1 Å². The van der Waals surface area contributed by atoms with E-state index in [1.807, 2.05) is 43.0 Å². The van der Waals surface area contributed by atoms with Crippen LogP contribution in [0, 0.1) is 19.3 Å². The number of halogens is 1. The molecular weight excluding hydrogens is 326 g/mol. The maximum absolute atomic E-state index is 12.8. The van der Waals surface area contributed by atoms with Gasteiger partial charge >= 0.3 is 0 Å². The summed E-state index contributed by atoms with van der Waals surface area (Å²) >= 11 is 0. The topological polar surface area (TPSA) is 77.0 Å². The van der Waals surface area contributed by atoms with Gasteiger partial charge in [-0.2, -0.15) is 0 Å². The highest BCUT2D eigenvalue weighted by Crippen LogP contribution is 2.29. The highest BCUT2D eigenvalue weighted by Gasteiger charge is 2.36. The Bertz CT molecular complexity index is 744. The molecule has 1 unspecified atom stereocenters. The molecule has 2 heterocycles. The second kappa shape index (κ2) is 6.91. The van der Waals surface area contributed by atoms with Crippen molar-refractivity contribution in [2.45, 2.75) is 27.2 Å². The van der Waals surface area contributed by atoms with Crippen LogP contribution in [0.2, 0.25) is 0 Å². The van der Waals surface area contributed by atoms with Crippen molar-refractivity contribution in [1.82, 2.24) is 19.9 Å². The van der Waals surface area contributed by atoms with Crippen LogP contribution in [0.4, 0.5) is 0 Å². The number of aryl methyl sites for hydroxylation is 1. The van der Waals surface area contributed by atoms with Crippen molar-refractivity contribution in [2.75, 3.05) is 19.6 Å². The number of nitrogens with zero attached hydrogens (tertiary/aromatic N) is 4. The zero-order valence-corrected chi connectivity index (χ0v) is 15.1. The molecule has 1 saturated heterocycles. The standard InChI is InChI=1S/C17H23N5O.ClH/c1-12-5-4-6-14(9-12)22-13(2)15(19-20-22)16(23)21-8-7-17(3,10-18)11-21;/h4-6,9H,7-8,10-11,18H2,1-3H3;1H. The summed E-state index contributed by atoms with van der Waals surface area (Å²) in [5.41, 5.74) is 9.08. The minimum absolute atomic E-state index is 0. The molecule has 7 heteroatoms. The molecule has 1 aliphatic heterocycles. The average Bonchev–Trinajstić information content (AvgIpc) is 3.11. The molecule has 2 N–H and O–H groups in total. The summed E-state index contributed by atoms with van der Waals surface area (Å²) in [5.74, 6) is -0.0569. The van der Waals surface area contributed by atoms with E-state index in [1.54, 1.807) is 4.68 Å². The second-order valence-electron chi connectivity index (χ2n) is 6.77. The molecule has 1 fully saturated rings. The Kier molecular flexibility index (Phi) is 5.30. The minimum Gasteiger partial charge on any atom is -0.337 e. The number of hydrogen-bond acceptors (Lipinski definition) is 4. The van der Waals surface area contributed by atoms with Crippen LogP contribution < -0.4 is 5.73 Å². The van der Waals surface area contributed by atoms with E-state index in [2.05, 4.69) is 17.2 Å². The zero-order chi connectivity index (χ0) is 16.6. The van der Waals surface area contributed by atoms with E-state index < -0.39 is 0 Å². The first-order valence-electron chi connectivity index (χ1n) is 7.92. The first kappa shape index (κ1) is 18.4. The third kappa shape index (κ3) is 3.30. The van der Waals surface area contributed by atoms with Gasteiger partial charge in [-0.25, -0.2) is 4.68 Å². The molecule has 3 rings (SSSR count). The number of hydrogen-bond donors (Lipinski definition) is 1. The zero-order valence-electron chi connectivity index (χ0n) is 14.3. The van der Waals surface area contributed by atoms with Gasteiger partial charge in [0.15, 0.2) is 5.69 Å². The van der Waals surface area contributed by atoms with Crippen LogP contribution in [0.1, 0.15) is 35.1 Å². The van der Waals surface area contributed by atoms with Crippen LogP contribution in [0.15, 0.2) is 24.3 Å². The van der Waals surface area contributed by atoms with Crippen LogP contribution in [-0.2, 0) is 0 Å². The van der Waals surface area contributed by atoms with E-state index in [0.717, 1.165) is 29.9 Å². The van der Waals surface area contributed by atoms with Crippen molar-refractivity contribution >= 4 is 18.3 Å². The summed E-state index contributed by atoms with van der Waals surface area (Å²) in [6.45, 7) is 8.03. The molecule has 1 aliphatic rings. The van der Waals surface area contributed by atoms with Crippen molar-refractivity contribution in [3.05, 3.63) is 41.2 Å². The molecule has 1 aromatic carbocycles. The van der Waals surface area contributed by atoms with E-state index in [0.29, 0.717) is 18.8 Å². The molecule has 0 bridgehead atoms. The fourth-order valence-corrected chi connectivity index (χ4v) is 3.05. The molecule has 0 spiro atoms. The van der Waals surface area contributed by atoms with E-state index >= 15 is 0 Å². The van der Waals surface area contributed by atoms with Gasteiger partial charge < -0.3 is 10.6 Å². The van der Waals surface area contributed by atoms with Gasteiger partial charge in [0.05, 0.1) is 11.4 Å². The molecule has 1 aromatic heterocycles. The molecule has 0 aliphatic carbocycles. The highest BCUT2D eigenvalue weighted by molar-refractivity contribution is 5.93. The molecule has 1 amide bonds. The number of nitrogens with two attached hydrogens (primary N) is 1. The normalized spacial score (nSPS) is 20.1. The van der Waals surface area contributed by atoms with Crippen LogP contribution in [-0.4, -0.2) is 45.4 Å². The smallest absolute Gasteiger partial charge is 0.276 e. The summed E-state index contributed by atoms with van der Waals surface area (Å²) in [4.78, 5) is 14.6. The van der Waals surface area contributed by atoms with Crippen molar-refractivity contribution in [3.63, 3.8) is 0 Å². The molecule has 6 nitrogen and oxygen atoms in total. The second-order valence-corrected chi connectivity index (χ2v) is 6.77. The number of benzene rings is 1. The molecule has 0 saturated carbocycles. The van der Waals surface area contributed by atoms with E-state index in [1.165, 1.54) is 0 Å². The van der Waals surface area contributed by atoms with E-state index in [4.69, 9.17) is 5.73 Å². The Hall–Kier alpha value is -1.92. The predicted molar refractivity (Wildman–Crippen MR) is 95.8 cm³/mol. The third-order valence-electron chi connectivity index (χ3n) is 4.68. The molecule has 1 atom stereocenters. The van der Waals surface area contributed by atoms with Gasteiger partial charge in [0.1, 0.15) is 0 Å². The van der Waals surface area contributed by atoms with Crippen molar-refractivity contribution in [1.29, 1.82) is 0 Å². The SMILES string of the molecule is Cc1cccc(-n2nnc(C(=O)N3CCC(C)(CN)C3)c2C)c1.Cl. The fourth-order valence-electron chi connectivity index (χ4n) is 3.05. The van der Waals surface area contributed by atoms with Gasteiger partial charge in [0, 0.05) is 13.1 Å². The Labute approximate surface area is 148 Å². The molecule has 24 heavy (non-hydrogen) atoms. The van der Waals surface area contributed by atoms with Crippen LogP contribution in [0.5, 0.6) is 0 Å². The highest BCUT2D eigenvalue weighted by atomic mass is 35.5. The Morgan fingerprint density at radius 2 is 2.12 bits per heavy atom. The minimum atomic E-state index is -0.0569. The molecule has 130 valence electrons. The van der Waals surface area contributed by atoms with Crippen LogP contribution in [0.25, 0.3) is 5.69 Å². The largest absolute Gasteiger partial charge is 0.337 e. The Morgan fingerprint density at radius 1 is 1.38 bits per heavy atom. The third-order valence-corrected chi connectivity index (χ3v) is 4.68. The summed E-state index contributed by atoms with van der Waals surface area (Å²) in [5, 5.41) is 8.30. The van der Waals surface area contributed by atoms with Gasteiger partial charge in [-0.15, -0.1) is 17.5 Å². The molecule has 0 radical (unpaired) electrons. The summed E-state index contributed by atoms with van der Waals surface area (Å²) in [6, 6.07) is 7.99. The Balaban J connectivity index is 0.00000208. The molecule has 2 aromatic rings. The maximum Gasteiger partial charge on any atom is 0.276 e. The monoisotopic (exact) mass is 349 g/mol. The number of rotatable bonds is 3. The van der Waals surface area contributed by atoms with Crippen molar-refractivity contribution < 1.29 is 4.79 Å². The fraction of sp³-hybridized carbons (Fsp3) is 0.471. The van der Waals surface area contributed by atoms with E-state index in [9.17, 15) is 4.79 Å². The summed E-state index contributed by atoms with van der Waals surface area (Å²) in [6.07, 6.45) is 0.931. The predicted octanol–water partition coefficient (Wildman–Crippen LogP) is 2.12. The van der Waals surface area contributed by atoms with Crippen LogP contribution in [0.3, 0.4) is 0 Å². The first-order chi connectivity index (χ1) is 10.9. The first-order valence-corrected chi connectivity index (χ1v) is 7.92.